The van der Waals surface area contributed by atoms with E-state index in [1.165, 1.54) is 0 Å². The SMILES string of the molecule is COCCCNC(=O)c1nc(N[C@H]2CCCC[C@H]2NC(C)=N)c2cc(C)ccc2n1. The van der Waals surface area contributed by atoms with Gasteiger partial charge in [-0.25, -0.2) is 9.97 Å². The number of benzene rings is 1. The minimum atomic E-state index is -0.287. The van der Waals surface area contributed by atoms with Crippen LogP contribution in [0.3, 0.4) is 0 Å². The molecule has 0 aliphatic heterocycles. The molecule has 1 saturated carbocycles. The molecule has 162 valence electrons. The Labute approximate surface area is 177 Å². The summed E-state index contributed by atoms with van der Waals surface area (Å²) in [6.07, 6.45) is 4.99. The zero-order valence-electron chi connectivity index (χ0n) is 18.0. The van der Waals surface area contributed by atoms with Gasteiger partial charge >= 0.3 is 0 Å². The Kier molecular flexibility index (Phi) is 7.57. The van der Waals surface area contributed by atoms with Gasteiger partial charge in [0.1, 0.15) is 5.82 Å². The molecule has 3 rings (SSSR count). The van der Waals surface area contributed by atoms with Crippen molar-refractivity contribution in [2.24, 2.45) is 0 Å². The van der Waals surface area contributed by atoms with Crippen molar-refractivity contribution in [3.8, 4) is 0 Å². The smallest absolute Gasteiger partial charge is 0.289 e. The second-order valence-corrected chi connectivity index (χ2v) is 7.93. The lowest BCUT2D eigenvalue weighted by Gasteiger charge is -2.33. The summed E-state index contributed by atoms with van der Waals surface area (Å²) in [4.78, 5) is 21.7. The fraction of sp³-hybridized carbons (Fsp3) is 0.545. The molecular weight excluding hydrogens is 380 g/mol. The quantitative estimate of drug-likeness (QED) is 0.301. The summed E-state index contributed by atoms with van der Waals surface area (Å²) >= 11 is 0. The maximum absolute atomic E-state index is 12.6. The molecule has 0 unspecified atom stereocenters. The van der Waals surface area contributed by atoms with Gasteiger partial charge in [0.2, 0.25) is 5.82 Å². The van der Waals surface area contributed by atoms with E-state index in [2.05, 4.69) is 25.9 Å². The highest BCUT2D eigenvalue weighted by atomic mass is 16.5. The number of fused-ring (bicyclic) bond motifs is 1. The molecule has 1 heterocycles. The molecule has 0 bridgehead atoms. The van der Waals surface area contributed by atoms with Crippen LogP contribution in [0.1, 0.15) is 55.2 Å². The number of ether oxygens (including phenoxy) is 1. The number of rotatable bonds is 8. The molecule has 2 aromatic rings. The summed E-state index contributed by atoms with van der Waals surface area (Å²) in [7, 11) is 1.64. The molecule has 1 aromatic heterocycles. The molecule has 8 heteroatoms. The Hall–Kier alpha value is -2.74. The Morgan fingerprint density at radius 3 is 2.73 bits per heavy atom. The van der Waals surface area contributed by atoms with Gasteiger partial charge in [-0.05, 0) is 45.2 Å². The minimum absolute atomic E-state index is 0.135. The molecule has 0 radical (unpaired) electrons. The molecule has 4 N–H and O–H groups in total. The van der Waals surface area contributed by atoms with Crippen molar-refractivity contribution in [3.63, 3.8) is 0 Å². The van der Waals surface area contributed by atoms with Crippen LogP contribution in [-0.4, -0.2) is 54.1 Å². The van der Waals surface area contributed by atoms with Crippen LogP contribution in [0, 0.1) is 12.3 Å². The van der Waals surface area contributed by atoms with Gasteiger partial charge in [-0.1, -0.05) is 24.5 Å². The summed E-state index contributed by atoms with van der Waals surface area (Å²) in [5.74, 6) is 1.01. The van der Waals surface area contributed by atoms with E-state index in [0.717, 1.165) is 48.6 Å². The molecule has 1 aromatic carbocycles. The average molecular weight is 413 g/mol. The third-order valence-corrected chi connectivity index (χ3v) is 5.36. The van der Waals surface area contributed by atoms with Gasteiger partial charge < -0.3 is 20.7 Å². The van der Waals surface area contributed by atoms with Crippen LogP contribution in [0.5, 0.6) is 0 Å². The Balaban J connectivity index is 1.88. The van der Waals surface area contributed by atoms with Crippen molar-refractivity contribution in [2.45, 2.75) is 58.0 Å². The molecule has 0 saturated heterocycles. The number of hydrogen-bond donors (Lipinski definition) is 4. The third kappa shape index (κ3) is 5.66. The average Bonchev–Trinajstić information content (AvgIpc) is 2.72. The summed E-state index contributed by atoms with van der Waals surface area (Å²) in [6, 6.07) is 6.26. The van der Waals surface area contributed by atoms with Crippen molar-refractivity contribution in [1.29, 1.82) is 5.41 Å². The number of carbonyl (C=O) groups is 1. The van der Waals surface area contributed by atoms with Gasteiger partial charge in [0.05, 0.1) is 11.4 Å². The van der Waals surface area contributed by atoms with E-state index >= 15 is 0 Å². The maximum Gasteiger partial charge on any atom is 0.289 e. The van der Waals surface area contributed by atoms with Crippen molar-refractivity contribution in [3.05, 3.63) is 29.6 Å². The number of nitrogens with one attached hydrogen (secondary N) is 4. The molecule has 30 heavy (non-hydrogen) atoms. The standard InChI is InChI=1S/C22H32N6O2/c1-14-9-10-17-16(13-14)20(27-19-8-5-4-7-18(19)25-15(2)23)28-21(26-17)22(29)24-11-6-12-30-3/h9-10,13,18-19H,4-8,11-12H2,1-3H3,(H2,23,25)(H,24,29)(H,26,27,28)/t18-,19+/m1/s1. The van der Waals surface area contributed by atoms with Crippen LogP contribution in [0.15, 0.2) is 18.2 Å². The minimum Gasteiger partial charge on any atom is -0.385 e. The lowest BCUT2D eigenvalue weighted by Crippen LogP contribution is -2.48. The van der Waals surface area contributed by atoms with Gasteiger partial charge in [-0.3, -0.25) is 10.2 Å². The first-order chi connectivity index (χ1) is 14.5. The predicted octanol–water partition coefficient (Wildman–Crippen LogP) is 3.01. The predicted molar refractivity (Wildman–Crippen MR) is 119 cm³/mol. The monoisotopic (exact) mass is 412 g/mol. The summed E-state index contributed by atoms with van der Waals surface area (Å²) in [5.41, 5.74) is 1.85. The fourth-order valence-electron chi connectivity index (χ4n) is 3.88. The van der Waals surface area contributed by atoms with Gasteiger partial charge in [0.25, 0.3) is 5.91 Å². The Morgan fingerprint density at radius 2 is 2.00 bits per heavy atom. The van der Waals surface area contributed by atoms with E-state index in [4.69, 9.17) is 10.1 Å². The fourth-order valence-corrected chi connectivity index (χ4v) is 3.88. The number of hydrogen-bond acceptors (Lipinski definition) is 6. The Bertz CT molecular complexity index is 901. The van der Waals surface area contributed by atoms with Crippen molar-refractivity contribution < 1.29 is 9.53 Å². The maximum atomic E-state index is 12.6. The number of nitrogens with zero attached hydrogens (tertiary/aromatic N) is 2. The highest BCUT2D eigenvalue weighted by molar-refractivity contribution is 5.96. The van der Waals surface area contributed by atoms with E-state index in [0.29, 0.717) is 24.8 Å². The lowest BCUT2D eigenvalue weighted by molar-refractivity contribution is 0.0938. The van der Waals surface area contributed by atoms with Gasteiger partial charge in [0.15, 0.2) is 0 Å². The lowest BCUT2D eigenvalue weighted by atomic mass is 9.90. The van der Waals surface area contributed by atoms with E-state index < -0.39 is 0 Å². The molecular formula is C22H32N6O2. The topological polar surface area (TPSA) is 112 Å². The number of anilines is 1. The Morgan fingerprint density at radius 1 is 1.23 bits per heavy atom. The zero-order chi connectivity index (χ0) is 21.5. The first kappa shape index (κ1) is 22.0. The normalized spacial score (nSPS) is 18.8. The van der Waals surface area contributed by atoms with E-state index in [1.807, 2.05) is 25.1 Å². The molecule has 1 aliphatic carbocycles. The van der Waals surface area contributed by atoms with Crippen LogP contribution in [0.25, 0.3) is 10.9 Å². The second-order valence-electron chi connectivity index (χ2n) is 7.93. The van der Waals surface area contributed by atoms with E-state index in [9.17, 15) is 4.79 Å². The molecule has 1 fully saturated rings. The van der Waals surface area contributed by atoms with E-state index in [1.54, 1.807) is 14.0 Å². The van der Waals surface area contributed by atoms with Crippen molar-refractivity contribution >= 4 is 28.5 Å². The number of amidine groups is 1. The van der Waals surface area contributed by atoms with Gasteiger partial charge in [-0.15, -0.1) is 0 Å². The molecule has 8 nitrogen and oxygen atoms in total. The summed E-state index contributed by atoms with van der Waals surface area (Å²) in [5, 5.41) is 18.4. The van der Waals surface area contributed by atoms with Crippen LogP contribution < -0.4 is 16.0 Å². The number of amides is 1. The van der Waals surface area contributed by atoms with Crippen LogP contribution in [0.4, 0.5) is 5.82 Å². The molecule has 2 atom stereocenters. The van der Waals surface area contributed by atoms with Crippen molar-refractivity contribution in [2.75, 3.05) is 25.6 Å². The first-order valence-corrected chi connectivity index (χ1v) is 10.6. The highest BCUT2D eigenvalue weighted by Gasteiger charge is 2.26. The van der Waals surface area contributed by atoms with Gasteiger partial charge in [-0.2, -0.15) is 0 Å². The number of aromatic nitrogens is 2. The largest absolute Gasteiger partial charge is 0.385 e. The first-order valence-electron chi connectivity index (χ1n) is 10.6. The van der Waals surface area contributed by atoms with Crippen molar-refractivity contribution in [1.82, 2.24) is 20.6 Å². The second kappa shape index (κ2) is 10.3. The van der Waals surface area contributed by atoms with Crippen LogP contribution in [0.2, 0.25) is 0 Å². The summed E-state index contributed by atoms with van der Waals surface area (Å²) in [6.45, 7) is 4.90. The number of methoxy groups -OCH3 is 1. The van der Waals surface area contributed by atoms with Crippen LogP contribution in [-0.2, 0) is 4.74 Å². The third-order valence-electron chi connectivity index (χ3n) is 5.36. The van der Waals surface area contributed by atoms with Gasteiger partial charge in [0, 0.05) is 37.7 Å². The van der Waals surface area contributed by atoms with E-state index in [-0.39, 0.29) is 23.8 Å². The number of carbonyl (C=O) groups excluding carboxylic acids is 1. The highest BCUT2D eigenvalue weighted by Crippen LogP contribution is 2.27. The summed E-state index contributed by atoms with van der Waals surface area (Å²) < 4.78 is 5.03. The molecule has 0 spiro atoms. The molecule has 1 aliphatic rings. The molecule has 1 amide bonds. The van der Waals surface area contributed by atoms with Crippen LogP contribution >= 0.6 is 0 Å². The zero-order valence-corrected chi connectivity index (χ0v) is 18.0. The number of aryl methyl sites for hydroxylation is 1.